The van der Waals surface area contributed by atoms with Crippen molar-refractivity contribution in [3.63, 3.8) is 0 Å². The highest BCUT2D eigenvalue weighted by atomic mass is 16.4. The van der Waals surface area contributed by atoms with Gasteiger partial charge in [-0.3, -0.25) is 9.89 Å². The third-order valence-corrected chi connectivity index (χ3v) is 7.36. The zero-order valence-electron chi connectivity index (χ0n) is 18.9. The van der Waals surface area contributed by atoms with Crippen molar-refractivity contribution in [3.8, 4) is 11.1 Å². The van der Waals surface area contributed by atoms with E-state index in [0.29, 0.717) is 29.6 Å². The number of oxazole rings is 1. The smallest absolute Gasteiger partial charge is 0.298 e. The Bertz CT molecular complexity index is 1640. The summed E-state index contributed by atoms with van der Waals surface area (Å²) in [7, 11) is 0. The molecule has 172 valence electrons. The van der Waals surface area contributed by atoms with Gasteiger partial charge in [-0.05, 0) is 61.9 Å². The van der Waals surface area contributed by atoms with Gasteiger partial charge in [-0.15, -0.1) is 0 Å². The molecule has 0 amide bonds. The van der Waals surface area contributed by atoms with E-state index < -0.39 is 0 Å². The Hall–Kier alpha value is -3.72. The fraction of sp³-hybridized carbons (Fsp3) is 0.360. The summed E-state index contributed by atoms with van der Waals surface area (Å²) in [5, 5.41) is 8.86. The second-order valence-corrected chi connectivity index (χ2v) is 9.58. The highest BCUT2D eigenvalue weighted by Crippen LogP contribution is 2.41. The minimum absolute atomic E-state index is 0.0711. The van der Waals surface area contributed by atoms with Gasteiger partial charge < -0.3 is 19.6 Å². The second-order valence-electron chi connectivity index (χ2n) is 9.58. The molecule has 5 heterocycles. The molecule has 2 aliphatic rings. The van der Waals surface area contributed by atoms with Crippen molar-refractivity contribution in [2.24, 2.45) is 11.7 Å². The van der Waals surface area contributed by atoms with Crippen LogP contribution in [0.3, 0.4) is 0 Å². The molecule has 1 aromatic carbocycles. The van der Waals surface area contributed by atoms with Gasteiger partial charge in [0, 0.05) is 41.7 Å². The van der Waals surface area contributed by atoms with Crippen LogP contribution < -0.4 is 16.2 Å². The maximum atomic E-state index is 13.7. The number of nitrogens with one attached hydrogen (secondary N) is 1. The first kappa shape index (κ1) is 19.7. The fourth-order valence-electron chi connectivity index (χ4n) is 5.36. The molecule has 34 heavy (non-hydrogen) atoms. The van der Waals surface area contributed by atoms with E-state index in [1.165, 1.54) is 0 Å². The quantitative estimate of drug-likeness (QED) is 0.426. The molecule has 0 radical (unpaired) electrons. The Balaban J connectivity index is 1.46. The van der Waals surface area contributed by atoms with Crippen molar-refractivity contribution < 1.29 is 4.42 Å². The lowest BCUT2D eigenvalue weighted by atomic mass is 9.97. The van der Waals surface area contributed by atoms with Crippen LogP contribution in [0.5, 0.6) is 0 Å². The number of benzene rings is 1. The van der Waals surface area contributed by atoms with Crippen molar-refractivity contribution in [2.45, 2.75) is 32.2 Å². The first-order chi connectivity index (χ1) is 16.6. The number of aromatic amines is 1. The van der Waals surface area contributed by atoms with Gasteiger partial charge in [0.05, 0.1) is 11.7 Å². The number of aromatic nitrogens is 5. The Morgan fingerprint density at radius 3 is 2.91 bits per heavy atom. The zero-order chi connectivity index (χ0) is 23.0. The van der Waals surface area contributed by atoms with Gasteiger partial charge in [-0.1, -0.05) is 6.07 Å². The number of hydrogen-bond donors (Lipinski definition) is 2. The van der Waals surface area contributed by atoms with Crippen molar-refractivity contribution in [2.75, 3.05) is 24.5 Å². The monoisotopic (exact) mass is 455 g/mol. The van der Waals surface area contributed by atoms with Gasteiger partial charge in [0.15, 0.2) is 16.7 Å². The molecular weight excluding hydrogens is 430 g/mol. The van der Waals surface area contributed by atoms with E-state index in [1.807, 2.05) is 10.8 Å². The van der Waals surface area contributed by atoms with E-state index in [4.69, 9.17) is 10.2 Å². The van der Waals surface area contributed by atoms with Crippen molar-refractivity contribution in [3.05, 3.63) is 46.5 Å². The largest absolute Gasteiger partial charge is 0.422 e. The molecule has 5 aromatic rings. The van der Waals surface area contributed by atoms with Crippen LogP contribution in [0, 0.1) is 12.8 Å². The maximum Gasteiger partial charge on any atom is 0.298 e. The van der Waals surface area contributed by atoms with Crippen LogP contribution >= 0.6 is 0 Å². The van der Waals surface area contributed by atoms with E-state index >= 15 is 0 Å². The Morgan fingerprint density at radius 1 is 1.24 bits per heavy atom. The first-order valence-electron chi connectivity index (χ1n) is 11.8. The number of aryl methyl sites for hydroxylation is 1. The summed E-state index contributed by atoms with van der Waals surface area (Å²) in [5.74, 6) is 0.431. The van der Waals surface area contributed by atoms with Gasteiger partial charge in [0.1, 0.15) is 0 Å². The van der Waals surface area contributed by atoms with Crippen LogP contribution in [-0.4, -0.2) is 44.4 Å². The lowest BCUT2D eigenvalue weighted by Crippen LogP contribution is -2.23. The molecular formula is C25H25N7O2. The molecule has 0 spiro atoms. The van der Waals surface area contributed by atoms with Crippen LogP contribution in [0.2, 0.25) is 0 Å². The van der Waals surface area contributed by atoms with Crippen LogP contribution in [0.15, 0.2) is 39.8 Å². The molecule has 1 saturated heterocycles. The molecule has 9 nitrogen and oxygen atoms in total. The standard InChI is InChI=1S/C25H25N7O2/c1-13-18(15-8-16-11-28-30-23(16)27-10-15)4-5-19-21(13)32(17-2-3-17)24(33)20-22(19)34-25(29-20)31-7-6-14(9-26)12-31/h4-5,8,10-11,14,17H,2-3,6-7,9,12,26H2,1H3,(H,27,28,30)/t14-/m1/s1. The van der Waals surface area contributed by atoms with Gasteiger partial charge in [-0.25, -0.2) is 4.98 Å². The van der Waals surface area contributed by atoms with E-state index in [-0.39, 0.29) is 11.6 Å². The molecule has 1 aliphatic carbocycles. The van der Waals surface area contributed by atoms with Crippen molar-refractivity contribution in [1.29, 1.82) is 0 Å². The minimum Gasteiger partial charge on any atom is -0.422 e. The molecule has 9 heteroatoms. The minimum atomic E-state index is -0.0711. The molecule has 2 fully saturated rings. The van der Waals surface area contributed by atoms with Gasteiger partial charge in [0.25, 0.3) is 11.6 Å². The summed E-state index contributed by atoms with van der Waals surface area (Å²) in [5.41, 5.74) is 11.5. The molecule has 0 bridgehead atoms. The van der Waals surface area contributed by atoms with Gasteiger partial charge in [0.2, 0.25) is 0 Å². The number of rotatable bonds is 4. The zero-order valence-corrected chi connectivity index (χ0v) is 18.9. The molecule has 0 unspecified atom stereocenters. The normalized spacial score (nSPS) is 18.6. The average Bonchev–Trinajstić information content (AvgIpc) is 3.25. The van der Waals surface area contributed by atoms with Crippen LogP contribution in [0.25, 0.3) is 44.2 Å². The summed E-state index contributed by atoms with van der Waals surface area (Å²) in [6.07, 6.45) is 6.64. The van der Waals surface area contributed by atoms with Crippen molar-refractivity contribution >= 4 is 39.1 Å². The lowest BCUT2D eigenvalue weighted by Gasteiger charge is -2.15. The predicted octanol–water partition coefficient (Wildman–Crippen LogP) is 3.51. The topological polar surface area (TPSA) is 119 Å². The van der Waals surface area contributed by atoms with Crippen LogP contribution in [-0.2, 0) is 0 Å². The number of fused-ring (bicyclic) bond motifs is 4. The predicted molar refractivity (Wildman–Crippen MR) is 131 cm³/mol. The van der Waals surface area contributed by atoms with E-state index in [1.54, 1.807) is 6.20 Å². The van der Waals surface area contributed by atoms with E-state index in [2.05, 4.69) is 50.2 Å². The van der Waals surface area contributed by atoms with Crippen LogP contribution in [0.4, 0.5) is 6.01 Å². The fourth-order valence-corrected chi connectivity index (χ4v) is 5.36. The highest BCUT2D eigenvalue weighted by Gasteiger charge is 2.32. The molecule has 4 aromatic heterocycles. The molecule has 1 saturated carbocycles. The second kappa shape index (κ2) is 7.14. The first-order valence-corrected chi connectivity index (χ1v) is 11.8. The summed E-state index contributed by atoms with van der Waals surface area (Å²) in [4.78, 5) is 25.0. The lowest BCUT2D eigenvalue weighted by molar-refractivity contribution is 0.570. The summed E-state index contributed by atoms with van der Waals surface area (Å²) < 4.78 is 8.22. The Labute approximate surface area is 194 Å². The Kier molecular flexibility index (Phi) is 4.14. The number of hydrogen-bond acceptors (Lipinski definition) is 7. The molecule has 3 N–H and O–H groups in total. The third kappa shape index (κ3) is 2.83. The number of pyridine rings is 2. The summed E-state index contributed by atoms with van der Waals surface area (Å²) in [6, 6.07) is 6.95. The van der Waals surface area contributed by atoms with E-state index in [0.717, 1.165) is 71.0 Å². The Morgan fingerprint density at radius 2 is 2.12 bits per heavy atom. The number of nitrogens with two attached hydrogens (primary N) is 1. The van der Waals surface area contributed by atoms with Gasteiger partial charge in [-0.2, -0.15) is 10.1 Å². The maximum absolute atomic E-state index is 13.7. The van der Waals surface area contributed by atoms with Crippen molar-refractivity contribution in [1.82, 2.24) is 24.7 Å². The number of H-pyrrole nitrogens is 1. The third-order valence-electron chi connectivity index (χ3n) is 7.36. The van der Waals surface area contributed by atoms with E-state index in [9.17, 15) is 4.79 Å². The molecule has 7 rings (SSSR count). The molecule has 1 aliphatic heterocycles. The summed E-state index contributed by atoms with van der Waals surface area (Å²) >= 11 is 0. The highest BCUT2D eigenvalue weighted by molar-refractivity contribution is 6.04. The average molecular weight is 456 g/mol. The van der Waals surface area contributed by atoms with Crippen LogP contribution in [0.1, 0.15) is 30.9 Å². The summed E-state index contributed by atoms with van der Waals surface area (Å²) in [6.45, 7) is 4.38. The van der Waals surface area contributed by atoms with Gasteiger partial charge >= 0.3 is 0 Å². The number of anilines is 1. The SMILES string of the molecule is Cc1c(-c2cnc3[nH]ncc3c2)ccc2c3oc(N4CC[C@H](CN)C4)nc3c(=O)n(C3CC3)c12. The molecule has 1 atom stereocenters. The number of nitrogens with zero attached hydrogens (tertiary/aromatic N) is 5.